The lowest BCUT2D eigenvalue weighted by Crippen LogP contribution is -2.03. The normalized spacial score (nSPS) is 10.7. The topological polar surface area (TPSA) is 107 Å². The first-order valence-corrected chi connectivity index (χ1v) is 7.51. The average molecular weight is 334 g/mol. The van der Waals surface area contributed by atoms with Crippen molar-refractivity contribution in [3.8, 4) is 0 Å². The van der Waals surface area contributed by atoms with Crippen LogP contribution in [0.3, 0.4) is 0 Å². The van der Waals surface area contributed by atoms with Crippen LogP contribution in [-0.2, 0) is 4.74 Å². The number of nitrogens with one attached hydrogen (secondary N) is 1. The van der Waals surface area contributed by atoms with E-state index in [4.69, 9.17) is 4.74 Å². The lowest BCUT2D eigenvalue weighted by Gasteiger charge is -1.97. The number of nitro groups is 1. The summed E-state index contributed by atoms with van der Waals surface area (Å²) in [4.78, 5) is 26.5. The second-order valence-corrected chi connectivity index (χ2v) is 5.38. The first-order valence-electron chi connectivity index (χ1n) is 6.69. The van der Waals surface area contributed by atoms with Crippen molar-refractivity contribution in [3.05, 3.63) is 50.5 Å². The van der Waals surface area contributed by atoms with Gasteiger partial charge >= 0.3 is 5.97 Å². The molecule has 1 aromatic carbocycles. The van der Waals surface area contributed by atoms with E-state index >= 15 is 0 Å². The summed E-state index contributed by atoms with van der Waals surface area (Å²) in [7, 11) is 0. The number of hydrogen-bond acceptors (Lipinski definition) is 8. The molecule has 0 spiro atoms. The van der Waals surface area contributed by atoms with Gasteiger partial charge in [-0.25, -0.2) is 9.78 Å². The van der Waals surface area contributed by atoms with Crippen molar-refractivity contribution in [2.75, 3.05) is 12.0 Å². The fraction of sp³-hybridized carbons (Fsp3) is 0.214. The van der Waals surface area contributed by atoms with Gasteiger partial charge < -0.3 is 4.74 Å². The van der Waals surface area contributed by atoms with Gasteiger partial charge in [0.25, 0.3) is 5.69 Å². The van der Waals surface area contributed by atoms with Crippen LogP contribution in [0.1, 0.15) is 27.9 Å². The van der Waals surface area contributed by atoms with Crippen LogP contribution in [0, 0.1) is 17.0 Å². The Hall–Kier alpha value is -2.81. The fourth-order valence-electron chi connectivity index (χ4n) is 1.71. The number of aromatic nitrogens is 1. The van der Waals surface area contributed by atoms with Crippen molar-refractivity contribution in [2.45, 2.75) is 13.8 Å². The number of aryl methyl sites for hydroxylation is 1. The van der Waals surface area contributed by atoms with Crippen molar-refractivity contribution in [1.29, 1.82) is 0 Å². The molecule has 9 heteroatoms. The Kier molecular flexibility index (Phi) is 5.36. The number of anilines is 1. The Bertz CT molecular complexity index is 757. The molecular formula is C14H14N4O4S. The molecule has 1 heterocycles. The van der Waals surface area contributed by atoms with E-state index in [1.165, 1.54) is 18.3 Å². The van der Waals surface area contributed by atoms with Gasteiger partial charge in [-0.15, -0.1) is 0 Å². The molecule has 8 nitrogen and oxygen atoms in total. The number of hydrogen-bond donors (Lipinski definition) is 1. The third-order valence-electron chi connectivity index (χ3n) is 2.71. The number of nitrogens with zero attached hydrogens (tertiary/aromatic N) is 3. The SMILES string of the molecule is CCOC(=O)c1sc(N/N=C\c2cccc([N+](=O)[O-])c2)nc1C. The number of non-ortho nitro benzene ring substituents is 1. The number of hydrazone groups is 1. The average Bonchev–Trinajstić information content (AvgIpc) is 2.89. The molecule has 0 saturated heterocycles. The molecule has 0 amide bonds. The van der Waals surface area contributed by atoms with E-state index in [0.717, 1.165) is 11.3 Å². The molecule has 0 fully saturated rings. The van der Waals surface area contributed by atoms with Crippen LogP contribution in [0.25, 0.3) is 0 Å². The minimum absolute atomic E-state index is 0.0105. The first kappa shape index (κ1) is 16.6. The number of carbonyl (C=O) groups excluding carboxylic acids is 1. The molecule has 0 radical (unpaired) electrons. The molecule has 1 aromatic heterocycles. The molecule has 1 N–H and O–H groups in total. The van der Waals surface area contributed by atoms with Crippen LogP contribution < -0.4 is 5.43 Å². The predicted molar refractivity (Wildman–Crippen MR) is 87.1 cm³/mol. The Labute approximate surface area is 136 Å². The first-order chi connectivity index (χ1) is 11.0. The zero-order valence-corrected chi connectivity index (χ0v) is 13.3. The highest BCUT2D eigenvalue weighted by molar-refractivity contribution is 7.17. The molecule has 0 aliphatic heterocycles. The van der Waals surface area contributed by atoms with Crippen molar-refractivity contribution in [3.63, 3.8) is 0 Å². The minimum Gasteiger partial charge on any atom is -0.462 e. The lowest BCUT2D eigenvalue weighted by atomic mass is 10.2. The maximum absolute atomic E-state index is 11.7. The van der Waals surface area contributed by atoms with Gasteiger partial charge in [-0.3, -0.25) is 15.5 Å². The molecule has 0 atom stereocenters. The molecular weight excluding hydrogens is 320 g/mol. The highest BCUT2D eigenvalue weighted by atomic mass is 32.1. The van der Waals surface area contributed by atoms with E-state index in [9.17, 15) is 14.9 Å². The number of nitro benzene ring substituents is 1. The van der Waals surface area contributed by atoms with E-state index in [1.54, 1.807) is 26.0 Å². The number of esters is 1. The smallest absolute Gasteiger partial charge is 0.350 e. The fourth-order valence-corrected chi connectivity index (χ4v) is 2.52. The standard InChI is InChI=1S/C14H14N4O4S/c1-3-22-13(19)12-9(2)16-14(23-12)17-15-8-10-5-4-6-11(7-10)18(20)21/h4-8H,3H2,1-2H3,(H,16,17)/b15-8-. The third-order valence-corrected chi connectivity index (χ3v) is 3.75. The summed E-state index contributed by atoms with van der Waals surface area (Å²) in [5.41, 5.74) is 3.82. The third kappa shape index (κ3) is 4.33. The van der Waals surface area contributed by atoms with Gasteiger partial charge in [0.15, 0.2) is 0 Å². The zero-order valence-electron chi connectivity index (χ0n) is 12.5. The Morgan fingerprint density at radius 2 is 2.35 bits per heavy atom. The molecule has 0 unspecified atom stereocenters. The molecule has 23 heavy (non-hydrogen) atoms. The second-order valence-electron chi connectivity index (χ2n) is 4.38. The molecule has 2 rings (SSSR count). The summed E-state index contributed by atoms with van der Waals surface area (Å²) in [6, 6.07) is 6.07. The van der Waals surface area contributed by atoms with Crippen molar-refractivity contribution < 1.29 is 14.5 Å². The molecule has 0 bridgehead atoms. The summed E-state index contributed by atoms with van der Waals surface area (Å²) in [5, 5.41) is 15.1. The number of rotatable bonds is 6. The lowest BCUT2D eigenvalue weighted by molar-refractivity contribution is -0.384. The van der Waals surface area contributed by atoms with Crippen LogP contribution in [-0.4, -0.2) is 28.7 Å². The largest absolute Gasteiger partial charge is 0.462 e. The maximum Gasteiger partial charge on any atom is 0.350 e. The zero-order chi connectivity index (χ0) is 16.8. The van der Waals surface area contributed by atoms with Crippen molar-refractivity contribution in [1.82, 2.24) is 4.98 Å². The van der Waals surface area contributed by atoms with E-state index in [-0.39, 0.29) is 5.69 Å². The monoisotopic (exact) mass is 334 g/mol. The van der Waals surface area contributed by atoms with Crippen LogP contribution in [0.5, 0.6) is 0 Å². The van der Waals surface area contributed by atoms with Crippen molar-refractivity contribution in [2.24, 2.45) is 5.10 Å². The summed E-state index contributed by atoms with van der Waals surface area (Å²) in [5.74, 6) is -0.418. The Morgan fingerprint density at radius 3 is 3.04 bits per heavy atom. The maximum atomic E-state index is 11.7. The molecule has 0 saturated carbocycles. The summed E-state index contributed by atoms with van der Waals surface area (Å²) in [6.45, 7) is 3.73. The highest BCUT2D eigenvalue weighted by Gasteiger charge is 2.15. The van der Waals surface area contributed by atoms with Crippen LogP contribution in [0.15, 0.2) is 29.4 Å². The van der Waals surface area contributed by atoms with Gasteiger partial charge in [0.05, 0.1) is 23.4 Å². The van der Waals surface area contributed by atoms with Gasteiger partial charge in [-0.1, -0.05) is 23.5 Å². The predicted octanol–water partition coefficient (Wildman–Crippen LogP) is 2.98. The quantitative estimate of drug-likeness (QED) is 0.377. The molecule has 120 valence electrons. The second kappa shape index (κ2) is 7.45. The van der Waals surface area contributed by atoms with E-state index < -0.39 is 10.9 Å². The van der Waals surface area contributed by atoms with Gasteiger partial charge in [0.2, 0.25) is 5.13 Å². The summed E-state index contributed by atoms with van der Waals surface area (Å²) >= 11 is 1.13. The number of ether oxygens (including phenoxy) is 1. The van der Waals surface area contributed by atoms with E-state index in [2.05, 4.69) is 15.5 Å². The van der Waals surface area contributed by atoms with Gasteiger partial charge in [-0.05, 0) is 13.8 Å². The Balaban J connectivity index is 2.06. The van der Waals surface area contributed by atoms with Crippen LogP contribution in [0.4, 0.5) is 10.8 Å². The molecule has 2 aromatic rings. The van der Waals surface area contributed by atoms with Gasteiger partial charge in [0.1, 0.15) is 4.88 Å². The molecule has 0 aliphatic rings. The minimum atomic E-state index is -0.472. The van der Waals surface area contributed by atoms with Crippen LogP contribution >= 0.6 is 11.3 Å². The summed E-state index contributed by atoms with van der Waals surface area (Å²) < 4.78 is 4.93. The van der Waals surface area contributed by atoms with Crippen LogP contribution in [0.2, 0.25) is 0 Å². The van der Waals surface area contributed by atoms with Gasteiger partial charge in [0, 0.05) is 17.7 Å². The number of benzene rings is 1. The van der Waals surface area contributed by atoms with E-state index in [0.29, 0.717) is 27.9 Å². The summed E-state index contributed by atoms with van der Waals surface area (Å²) in [6.07, 6.45) is 1.44. The number of thiazole rings is 1. The Morgan fingerprint density at radius 1 is 1.57 bits per heavy atom. The molecule has 0 aliphatic carbocycles. The van der Waals surface area contributed by atoms with E-state index in [1.807, 2.05) is 0 Å². The van der Waals surface area contributed by atoms with Crippen molar-refractivity contribution >= 4 is 34.3 Å². The number of carbonyl (C=O) groups is 1. The van der Waals surface area contributed by atoms with Gasteiger partial charge in [-0.2, -0.15) is 5.10 Å². The highest BCUT2D eigenvalue weighted by Crippen LogP contribution is 2.23.